The minimum absolute atomic E-state index is 0. The minimum Gasteiger partial charge on any atom is -0.444 e. The summed E-state index contributed by atoms with van der Waals surface area (Å²) in [6, 6.07) is 14.3. The van der Waals surface area contributed by atoms with Crippen LogP contribution in [0.5, 0.6) is 0 Å². The molecule has 0 unspecified atom stereocenters. The average molecular weight is 479 g/mol. The van der Waals surface area contributed by atoms with Gasteiger partial charge in [-0.3, -0.25) is 4.98 Å². The number of aryl methyl sites for hydroxylation is 2. The summed E-state index contributed by atoms with van der Waals surface area (Å²) in [7, 11) is 0. The smallest absolute Gasteiger partial charge is 0.444 e. The largest absolute Gasteiger partial charge is 2.00 e. The summed E-state index contributed by atoms with van der Waals surface area (Å²) in [5.74, 6) is 0.825. The molecule has 0 aliphatic carbocycles. The third kappa shape index (κ3) is 5.25. The van der Waals surface area contributed by atoms with Crippen LogP contribution in [0, 0.1) is 34.1 Å². The number of aromatic nitrogens is 4. The maximum Gasteiger partial charge on any atom is 2.00 e. The van der Waals surface area contributed by atoms with E-state index in [1.807, 2.05) is 36.7 Å². The number of rotatable bonds is 1. The molecule has 0 N–H and O–H groups in total. The van der Waals surface area contributed by atoms with Crippen LogP contribution < -0.4 is 0 Å². The number of pyridine rings is 2. The molecule has 0 radical (unpaired) electrons. The summed E-state index contributed by atoms with van der Waals surface area (Å²) >= 11 is 0. The van der Waals surface area contributed by atoms with Gasteiger partial charge >= 0.3 is 27.3 Å². The van der Waals surface area contributed by atoms with Gasteiger partial charge in [0.1, 0.15) is 0 Å². The molecule has 0 aliphatic heterocycles. The first-order valence-corrected chi connectivity index (χ1v) is 7.63. The molecule has 0 spiro atoms. The molecule has 10 nitrogen and oxygen atoms in total. The standard InChI is InChI=1S/C17H14N4.Cd.2HNO2/c1-11-10-12(2)21(20-11)15-8-7-14-6-5-13-4-3-9-18-16(13)17(14)19-15;;2*2-1-3/h3-10H,1-2H3;;2*(H,2,3)/q;+2;;/p-2. The molecule has 4 rings (SSSR count). The van der Waals surface area contributed by atoms with Gasteiger partial charge in [-0.05, 0) is 38.1 Å². The van der Waals surface area contributed by atoms with Crippen molar-refractivity contribution in [3.63, 3.8) is 0 Å². The maximum absolute atomic E-state index is 8.00. The average Bonchev–Trinajstić information content (AvgIpc) is 3.01. The Hall–Kier alpha value is -3.03. The van der Waals surface area contributed by atoms with E-state index in [2.05, 4.69) is 34.3 Å². The van der Waals surface area contributed by atoms with Crippen LogP contribution >= 0.6 is 0 Å². The molecule has 138 valence electrons. The summed E-state index contributed by atoms with van der Waals surface area (Å²) in [5.41, 5.74) is 3.91. The van der Waals surface area contributed by atoms with Gasteiger partial charge in [-0.15, -0.1) is 10.7 Å². The fourth-order valence-corrected chi connectivity index (χ4v) is 2.69. The first kappa shape index (κ1) is 23.0. The second-order valence-corrected chi connectivity index (χ2v) is 5.37. The molecule has 0 fully saturated rings. The van der Waals surface area contributed by atoms with Crippen LogP contribution in [0.2, 0.25) is 0 Å². The van der Waals surface area contributed by atoms with E-state index < -0.39 is 0 Å². The van der Waals surface area contributed by atoms with Gasteiger partial charge in [-0.2, -0.15) is 5.10 Å². The molecule has 0 saturated heterocycles. The molecule has 0 saturated carbocycles. The van der Waals surface area contributed by atoms with Gasteiger partial charge < -0.3 is 20.2 Å². The SMILES string of the molecule is Cc1cc(C)n(-c2ccc3ccc4cccnc4c3n2)n1.O=N[O-].O=N[O-].[Cd+2]. The van der Waals surface area contributed by atoms with E-state index in [-0.39, 0.29) is 27.3 Å². The number of nitrogens with zero attached hydrogens (tertiary/aromatic N) is 6. The van der Waals surface area contributed by atoms with Gasteiger partial charge in [0.2, 0.25) is 0 Å². The molecule has 0 amide bonds. The van der Waals surface area contributed by atoms with Crippen LogP contribution in [0.15, 0.2) is 59.3 Å². The van der Waals surface area contributed by atoms with Crippen molar-refractivity contribution in [1.29, 1.82) is 0 Å². The predicted molar refractivity (Wildman–Crippen MR) is 102 cm³/mol. The second-order valence-electron chi connectivity index (χ2n) is 5.37. The zero-order valence-corrected chi connectivity index (χ0v) is 19.2. The summed E-state index contributed by atoms with van der Waals surface area (Å²) in [5, 5.41) is 24.7. The second kappa shape index (κ2) is 11.0. The zero-order valence-electron chi connectivity index (χ0n) is 15.1. The molecular formula is C17H14CdN6O4. The summed E-state index contributed by atoms with van der Waals surface area (Å²) in [6.45, 7) is 4.02. The van der Waals surface area contributed by atoms with Crippen LogP contribution in [0.25, 0.3) is 27.6 Å². The van der Waals surface area contributed by atoms with Crippen LogP contribution in [-0.2, 0) is 27.3 Å². The third-order valence-electron chi connectivity index (χ3n) is 3.64. The Morgan fingerprint density at radius 2 is 1.50 bits per heavy atom. The van der Waals surface area contributed by atoms with E-state index in [0.29, 0.717) is 0 Å². The normalized spacial score (nSPS) is 9.36. The molecule has 0 aliphatic rings. The van der Waals surface area contributed by atoms with Crippen molar-refractivity contribution in [3.05, 3.63) is 80.3 Å². The monoisotopic (exact) mass is 480 g/mol. The van der Waals surface area contributed by atoms with Crippen molar-refractivity contribution in [1.82, 2.24) is 19.7 Å². The van der Waals surface area contributed by atoms with Gasteiger partial charge in [0, 0.05) is 22.7 Å². The first-order chi connectivity index (χ1) is 13.0. The summed E-state index contributed by atoms with van der Waals surface area (Å²) < 4.78 is 1.87. The quantitative estimate of drug-likeness (QED) is 0.173. The Morgan fingerprint density at radius 1 is 0.929 bits per heavy atom. The van der Waals surface area contributed by atoms with E-state index >= 15 is 0 Å². The van der Waals surface area contributed by atoms with Crippen LogP contribution in [-0.4, -0.2) is 19.7 Å². The van der Waals surface area contributed by atoms with Crippen molar-refractivity contribution in [2.75, 3.05) is 0 Å². The molecule has 4 aromatic rings. The van der Waals surface area contributed by atoms with Crippen molar-refractivity contribution in [2.45, 2.75) is 13.8 Å². The molecule has 3 aromatic heterocycles. The maximum atomic E-state index is 8.00. The summed E-state index contributed by atoms with van der Waals surface area (Å²) in [4.78, 5) is 25.3. The molecule has 0 atom stereocenters. The van der Waals surface area contributed by atoms with E-state index in [1.54, 1.807) is 6.20 Å². The fourth-order valence-electron chi connectivity index (χ4n) is 2.69. The number of benzene rings is 1. The van der Waals surface area contributed by atoms with Gasteiger partial charge in [0.25, 0.3) is 0 Å². The van der Waals surface area contributed by atoms with Crippen molar-refractivity contribution in [2.24, 2.45) is 10.7 Å². The van der Waals surface area contributed by atoms with E-state index in [9.17, 15) is 0 Å². The van der Waals surface area contributed by atoms with Gasteiger partial charge in [0.05, 0.1) is 16.7 Å². The number of fused-ring (bicyclic) bond motifs is 3. The molecule has 1 aromatic carbocycles. The van der Waals surface area contributed by atoms with Crippen molar-refractivity contribution >= 4 is 21.8 Å². The predicted octanol–water partition coefficient (Wildman–Crippen LogP) is 4.08. The van der Waals surface area contributed by atoms with E-state index in [1.165, 1.54) is 0 Å². The Bertz CT molecular complexity index is 1080. The Kier molecular flexibility index (Phi) is 9.01. The van der Waals surface area contributed by atoms with Crippen LogP contribution in [0.1, 0.15) is 11.4 Å². The fraction of sp³-hybridized carbons (Fsp3) is 0.118. The van der Waals surface area contributed by atoms with Crippen LogP contribution in [0.3, 0.4) is 0 Å². The van der Waals surface area contributed by atoms with Gasteiger partial charge in [-0.25, -0.2) is 9.67 Å². The molecule has 28 heavy (non-hydrogen) atoms. The minimum atomic E-state index is 0. The van der Waals surface area contributed by atoms with E-state index in [0.717, 1.165) is 49.7 Å². The first-order valence-electron chi connectivity index (χ1n) is 7.63. The Balaban J connectivity index is 0.000000502. The number of hydrogen-bond donors (Lipinski definition) is 0. The van der Waals surface area contributed by atoms with E-state index in [4.69, 9.17) is 25.2 Å². The Morgan fingerprint density at radius 3 is 2.07 bits per heavy atom. The summed E-state index contributed by atoms with van der Waals surface area (Å²) in [6.07, 6.45) is 1.80. The molecule has 0 bridgehead atoms. The third-order valence-corrected chi connectivity index (χ3v) is 3.64. The molecule has 3 heterocycles. The molecule has 11 heteroatoms. The Labute approximate surface area is 179 Å². The molecular weight excluding hydrogens is 465 g/mol. The van der Waals surface area contributed by atoms with Gasteiger partial charge in [-0.1, -0.05) is 18.2 Å². The zero-order chi connectivity index (χ0) is 19.8. The van der Waals surface area contributed by atoms with Crippen LogP contribution in [0.4, 0.5) is 0 Å². The topological polar surface area (TPSA) is 149 Å². The van der Waals surface area contributed by atoms with Gasteiger partial charge in [0.15, 0.2) is 5.82 Å². The number of hydrogen-bond acceptors (Lipinski definition) is 9. The van der Waals surface area contributed by atoms with Crippen molar-refractivity contribution in [3.8, 4) is 5.82 Å². The van der Waals surface area contributed by atoms with Crippen molar-refractivity contribution < 1.29 is 27.3 Å².